The molecule has 0 heterocycles. The Morgan fingerprint density at radius 1 is 1.05 bits per heavy atom. The number of amides is 1. The van der Waals surface area contributed by atoms with Gasteiger partial charge < -0.3 is 14.8 Å². The van der Waals surface area contributed by atoms with Crippen molar-refractivity contribution in [2.75, 3.05) is 33.0 Å². The van der Waals surface area contributed by atoms with E-state index in [1.54, 1.807) is 0 Å². The van der Waals surface area contributed by atoms with Gasteiger partial charge in [0.1, 0.15) is 0 Å². The maximum Gasteiger partial charge on any atom is 0.223 e. The van der Waals surface area contributed by atoms with Gasteiger partial charge in [-0.1, -0.05) is 48.5 Å². The van der Waals surface area contributed by atoms with E-state index < -0.39 is 0 Å². The minimum absolute atomic E-state index is 0.0987. The Balaban J connectivity index is 3.61. The fraction of sp³-hybridized carbons (Fsp3) is 0.944. The van der Waals surface area contributed by atoms with Crippen molar-refractivity contribution >= 4 is 5.91 Å². The molecule has 0 radical (unpaired) electrons. The van der Waals surface area contributed by atoms with Gasteiger partial charge in [0.2, 0.25) is 5.91 Å². The van der Waals surface area contributed by atoms with Crippen LogP contribution in [0.25, 0.3) is 0 Å². The van der Waals surface area contributed by atoms with Crippen molar-refractivity contribution in [1.82, 2.24) is 5.32 Å². The normalized spacial score (nSPS) is 13.7. The highest BCUT2D eigenvalue weighted by Crippen LogP contribution is 2.25. The van der Waals surface area contributed by atoms with Gasteiger partial charge in [0.15, 0.2) is 0 Å². The smallest absolute Gasteiger partial charge is 0.223 e. The Morgan fingerprint density at radius 3 is 2.14 bits per heavy atom. The quantitative estimate of drug-likeness (QED) is 0.561. The Morgan fingerprint density at radius 2 is 1.64 bits per heavy atom. The van der Waals surface area contributed by atoms with Crippen molar-refractivity contribution in [1.29, 1.82) is 0 Å². The van der Waals surface area contributed by atoms with E-state index in [-0.39, 0.29) is 17.2 Å². The van der Waals surface area contributed by atoms with Crippen LogP contribution in [-0.2, 0) is 14.3 Å². The van der Waals surface area contributed by atoms with Gasteiger partial charge in [0.05, 0.1) is 26.4 Å². The highest BCUT2D eigenvalue weighted by atomic mass is 16.5. The van der Waals surface area contributed by atoms with E-state index in [4.69, 9.17) is 9.47 Å². The predicted molar refractivity (Wildman–Crippen MR) is 91.9 cm³/mol. The standard InChI is InChI=1S/C18H37NO3/c1-8-16(14(2)3)17(20)19-9-10-21-11-12-22-13-18(6,7)15(4)5/h14-16H,8-13H2,1-7H3,(H,19,20). The molecule has 0 spiro atoms. The van der Waals surface area contributed by atoms with Crippen molar-refractivity contribution in [3.8, 4) is 0 Å². The van der Waals surface area contributed by atoms with Crippen LogP contribution in [0.1, 0.15) is 54.9 Å². The van der Waals surface area contributed by atoms with Gasteiger partial charge in [-0.05, 0) is 23.7 Å². The molecule has 0 aromatic rings. The van der Waals surface area contributed by atoms with Gasteiger partial charge in [-0.15, -0.1) is 0 Å². The highest BCUT2D eigenvalue weighted by Gasteiger charge is 2.22. The lowest BCUT2D eigenvalue weighted by molar-refractivity contribution is -0.126. The molecular weight excluding hydrogens is 278 g/mol. The zero-order valence-corrected chi connectivity index (χ0v) is 15.7. The number of hydrogen-bond donors (Lipinski definition) is 1. The van der Waals surface area contributed by atoms with E-state index >= 15 is 0 Å². The lowest BCUT2D eigenvalue weighted by Gasteiger charge is -2.28. The fourth-order valence-electron chi connectivity index (χ4n) is 2.06. The molecule has 22 heavy (non-hydrogen) atoms. The number of carbonyl (C=O) groups is 1. The zero-order chi connectivity index (χ0) is 17.2. The molecule has 0 fully saturated rings. The first-order valence-electron chi connectivity index (χ1n) is 8.65. The van der Waals surface area contributed by atoms with Crippen molar-refractivity contribution in [2.45, 2.75) is 54.9 Å². The first-order valence-corrected chi connectivity index (χ1v) is 8.65. The maximum atomic E-state index is 11.9. The lowest BCUT2D eigenvalue weighted by atomic mass is 9.82. The molecule has 4 nitrogen and oxygen atoms in total. The third kappa shape index (κ3) is 8.74. The summed E-state index contributed by atoms with van der Waals surface area (Å²) in [6.07, 6.45) is 0.879. The largest absolute Gasteiger partial charge is 0.378 e. The van der Waals surface area contributed by atoms with E-state index in [1.165, 1.54) is 0 Å². The minimum atomic E-state index is 0.0987. The second-order valence-electron chi connectivity index (χ2n) is 7.36. The number of rotatable bonds is 12. The third-order valence-electron chi connectivity index (χ3n) is 4.54. The molecule has 0 saturated carbocycles. The summed E-state index contributed by atoms with van der Waals surface area (Å²) >= 11 is 0. The van der Waals surface area contributed by atoms with Crippen LogP contribution in [0.3, 0.4) is 0 Å². The molecule has 0 aliphatic heterocycles. The van der Waals surface area contributed by atoms with Crippen molar-refractivity contribution in [2.24, 2.45) is 23.2 Å². The van der Waals surface area contributed by atoms with Gasteiger partial charge >= 0.3 is 0 Å². The van der Waals surface area contributed by atoms with Crippen LogP contribution in [0.5, 0.6) is 0 Å². The second kappa shape index (κ2) is 11.0. The maximum absolute atomic E-state index is 11.9. The van der Waals surface area contributed by atoms with Gasteiger partial charge in [0.25, 0.3) is 0 Å². The number of ether oxygens (including phenoxy) is 2. The molecule has 1 atom stereocenters. The summed E-state index contributed by atoms with van der Waals surface area (Å²) in [5.41, 5.74) is 0.194. The van der Waals surface area contributed by atoms with Gasteiger partial charge in [-0.25, -0.2) is 0 Å². The molecule has 1 unspecified atom stereocenters. The molecule has 0 rings (SSSR count). The SMILES string of the molecule is CCC(C(=O)NCCOCCOCC(C)(C)C(C)C)C(C)C. The fourth-order valence-corrected chi connectivity index (χ4v) is 2.06. The molecule has 1 N–H and O–H groups in total. The summed E-state index contributed by atoms with van der Waals surface area (Å²) in [6, 6.07) is 0. The minimum Gasteiger partial charge on any atom is -0.378 e. The molecule has 0 aromatic carbocycles. The van der Waals surface area contributed by atoms with Crippen LogP contribution in [0.4, 0.5) is 0 Å². The summed E-state index contributed by atoms with van der Waals surface area (Å²) < 4.78 is 11.2. The molecule has 0 bridgehead atoms. The van der Waals surface area contributed by atoms with E-state index in [2.05, 4.69) is 53.8 Å². The lowest BCUT2D eigenvalue weighted by Crippen LogP contribution is -2.35. The Bertz CT molecular complexity index is 301. The molecule has 0 saturated heterocycles. The summed E-state index contributed by atoms with van der Waals surface area (Å²) in [7, 11) is 0. The van der Waals surface area contributed by atoms with Crippen LogP contribution >= 0.6 is 0 Å². The molecule has 0 aromatic heterocycles. The van der Waals surface area contributed by atoms with E-state index in [0.717, 1.165) is 13.0 Å². The first kappa shape index (κ1) is 21.4. The van der Waals surface area contributed by atoms with Crippen LogP contribution < -0.4 is 5.32 Å². The van der Waals surface area contributed by atoms with Crippen LogP contribution in [0.15, 0.2) is 0 Å². The predicted octanol–water partition coefficient (Wildman–Crippen LogP) is 3.50. The molecule has 0 aliphatic carbocycles. The zero-order valence-electron chi connectivity index (χ0n) is 15.7. The highest BCUT2D eigenvalue weighted by molar-refractivity contribution is 5.78. The summed E-state index contributed by atoms with van der Waals surface area (Å²) in [5, 5.41) is 2.94. The molecule has 4 heteroatoms. The average molecular weight is 315 g/mol. The van der Waals surface area contributed by atoms with E-state index in [0.29, 0.717) is 38.2 Å². The van der Waals surface area contributed by atoms with Crippen LogP contribution in [0.2, 0.25) is 0 Å². The first-order chi connectivity index (χ1) is 10.2. The molecule has 132 valence electrons. The number of nitrogens with one attached hydrogen (secondary N) is 1. The topological polar surface area (TPSA) is 47.6 Å². The summed E-state index contributed by atoms with van der Waals surface area (Å²) in [4.78, 5) is 11.9. The van der Waals surface area contributed by atoms with Crippen LogP contribution in [-0.4, -0.2) is 38.9 Å². The van der Waals surface area contributed by atoms with E-state index in [9.17, 15) is 4.79 Å². The summed E-state index contributed by atoms with van der Waals surface area (Å²) in [6.45, 7) is 18.1. The Labute approximate surface area is 137 Å². The van der Waals surface area contributed by atoms with Crippen molar-refractivity contribution in [3.05, 3.63) is 0 Å². The molecule has 1 amide bonds. The van der Waals surface area contributed by atoms with Gasteiger partial charge in [-0.3, -0.25) is 4.79 Å². The Kier molecular flexibility index (Phi) is 10.7. The molecular formula is C18H37NO3. The number of carbonyl (C=O) groups excluding carboxylic acids is 1. The van der Waals surface area contributed by atoms with Crippen molar-refractivity contribution < 1.29 is 14.3 Å². The van der Waals surface area contributed by atoms with Gasteiger partial charge in [-0.2, -0.15) is 0 Å². The number of hydrogen-bond acceptors (Lipinski definition) is 3. The second-order valence-corrected chi connectivity index (χ2v) is 7.36. The molecule has 0 aliphatic rings. The Hall–Kier alpha value is -0.610. The summed E-state index contributed by atoms with van der Waals surface area (Å²) in [5.74, 6) is 1.21. The van der Waals surface area contributed by atoms with Gasteiger partial charge in [0, 0.05) is 12.5 Å². The van der Waals surface area contributed by atoms with Crippen LogP contribution in [0, 0.1) is 23.2 Å². The monoisotopic (exact) mass is 315 g/mol. The average Bonchev–Trinajstić information content (AvgIpc) is 2.41. The van der Waals surface area contributed by atoms with Crippen molar-refractivity contribution in [3.63, 3.8) is 0 Å². The van der Waals surface area contributed by atoms with E-state index in [1.807, 2.05) is 0 Å². The third-order valence-corrected chi connectivity index (χ3v) is 4.54.